The van der Waals surface area contributed by atoms with E-state index in [1.165, 1.54) is 19.3 Å². The fourth-order valence-corrected chi connectivity index (χ4v) is 1.88. The zero-order valence-electron chi connectivity index (χ0n) is 9.88. The van der Waals surface area contributed by atoms with E-state index < -0.39 is 0 Å². The highest BCUT2D eigenvalue weighted by atomic mass is 16.5. The Bertz CT molecular complexity index is 143. The van der Waals surface area contributed by atoms with Crippen molar-refractivity contribution in [1.82, 2.24) is 5.32 Å². The second-order valence-corrected chi connectivity index (χ2v) is 4.65. The monoisotopic (exact) mass is 199 g/mol. The molecule has 1 saturated heterocycles. The van der Waals surface area contributed by atoms with E-state index in [1.54, 1.807) is 0 Å². The van der Waals surface area contributed by atoms with Gasteiger partial charge in [-0.2, -0.15) is 0 Å². The second-order valence-electron chi connectivity index (χ2n) is 4.65. The SMILES string of the molecule is CCC(C)C(C)NCCC1CCOC1. The third-order valence-electron chi connectivity index (χ3n) is 3.54. The highest BCUT2D eigenvalue weighted by Gasteiger charge is 2.16. The summed E-state index contributed by atoms with van der Waals surface area (Å²) in [4.78, 5) is 0. The van der Waals surface area contributed by atoms with Crippen molar-refractivity contribution < 1.29 is 4.74 Å². The van der Waals surface area contributed by atoms with E-state index in [0.717, 1.165) is 31.6 Å². The molecule has 3 unspecified atom stereocenters. The fourth-order valence-electron chi connectivity index (χ4n) is 1.88. The molecule has 1 heterocycles. The van der Waals surface area contributed by atoms with Crippen molar-refractivity contribution in [2.75, 3.05) is 19.8 Å². The Morgan fingerprint density at radius 2 is 2.21 bits per heavy atom. The van der Waals surface area contributed by atoms with Gasteiger partial charge < -0.3 is 10.1 Å². The average molecular weight is 199 g/mol. The van der Waals surface area contributed by atoms with Gasteiger partial charge in [-0.15, -0.1) is 0 Å². The van der Waals surface area contributed by atoms with Crippen molar-refractivity contribution in [3.63, 3.8) is 0 Å². The first-order valence-electron chi connectivity index (χ1n) is 6.05. The van der Waals surface area contributed by atoms with E-state index >= 15 is 0 Å². The zero-order valence-corrected chi connectivity index (χ0v) is 9.88. The minimum atomic E-state index is 0.655. The Labute approximate surface area is 88.4 Å². The first-order chi connectivity index (χ1) is 6.74. The summed E-state index contributed by atoms with van der Waals surface area (Å²) < 4.78 is 5.36. The average Bonchev–Trinajstić information content (AvgIpc) is 2.69. The third-order valence-corrected chi connectivity index (χ3v) is 3.54. The predicted octanol–water partition coefficient (Wildman–Crippen LogP) is 2.44. The predicted molar refractivity (Wildman–Crippen MR) is 60.5 cm³/mol. The van der Waals surface area contributed by atoms with Crippen LogP contribution in [0.25, 0.3) is 0 Å². The van der Waals surface area contributed by atoms with E-state index in [4.69, 9.17) is 4.74 Å². The Morgan fingerprint density at radius 1 is 1.43 bits per heavy atom. The molecule has 14 heavy (non-hydrogen) atoms. The zero-order chi connectivity index (χ0) is 10.4. The van der Waals surface area contributed by atoms with Crippen molar-refractivity contribution in [3.8, 4) is 0 Å². The topological polar surface area (TPSA) is 21.3 Å². The number of nitrogens with one attached hydrogen (secondary N) is 1. The van der Waals surface area contributed by atoms with Crippen LogP contribution in [0.4, 0.5) is 0 Å². The van der Waals surface area contributed by atoms with Crippen molar-refractivity contribution in [2.45, 2.75) is 46.1 Å². The molecule has 1 fully saturated rings. The van der Waals surface area contributed by atoms with Crippen molar-refractivity contribution in [1.29, 1.82) is 0 Å². The molecule has 0 aromatic rings. The van der Waals surface area contributed by atoms with Gasteiger partial charge >= 0.3 is 0 Å². The van der Waals surface area contributed by atoms with Gasteiger partial charge in [0, 0.05) is 19.3 Å². The molecule has 1 rings (SSSR count). The molecule has 0 aromatic carbocycles. The Hall–Kier alpha value is -0.0800. The van der Waals surface area contributed by atoms with Crippen LogP contribution in [0, 0.1) is 11.8 Å². The van der Waals surface area contributed by atoms with Crippen LogP contribution in [0.5, 0.6) is 0 Å². The molecule has 2 heteroatoms. The van der Waals surface area contributed by atoms with Crippen molar-refractivity contribution in [3.05, 3.63) is 0 Å². The molecule has 0 saturated carbocycles. The normalized spacial score (nSPS) is 26.4. The molecule has 1 aliphatic rings. The summed E-state index contributed by atoms with van der Waals surface area (Å²) in [6.07, 6.45) is 3.81. The second kappa shape index (κ2) is 6.41. The quantitative estimate of drug-likeness (QED) is 0.709. The maximum atomic E-state index is 5.36. The molecule has 3 atom stereocenters. The molecular formula is C12H25NO. The largest absolute Gasteiger partial charge is 0.381 e. The van der Waals surface area contributed by atoms with E-state index in [2.05, 4.69) is 26.1 Å². The minimum Gasteiger partial charge on any atom is -0.381 e. The lowest BCUT2D eigenvalue weighted by Gasteiger charge is -2.20. The van der Waals surface area contributed by atoms with Gasteiger partial charge in [0.1, 0.15) is 0 Å². The van der Waals surface area contributed by atoms with Crippen molar-refractivity contribution >= 4 is 0 Å². The van der Waals surface area contributed by atoms with Gasteiger partial charge in [0.25, 0.3) is 0 Å². The molecular weight excluding hydrogens is 174 g/mol. The van der Waals surface area contributed by atoms with Gasteiger partial charge in [0.2, 0.25) is 0 Å². The van der Waals surface area contributed by atoms with E-state index in [-0.39, 0.29) is 0 Å². The first-order valence-corrected chi connectivity index (χ1v) is 6.05. The first kappa shape index (κ1) is 12.0. The highest BCUT2D eigenvalue weighted by Crippen LogP contribution is 2.15. The molecule has 0 bridgehead atoms. The fraction of sp³-hybridized carbons (Fsp3) is 1.00. The highest BCUT2D eigenvalue weighted by molar-refractivity contribution is 4.70. The van der Waals surface area contributed by atoms with Crippen LogP contribution in [-0.2, 0) is 4.74 Å². The Morgan fingerprint density at radius 3 is 2.79 bits per heavy atom. The molecule has 0 spiro atoms. The number of hydrogen-bond acceptors (Lipinski definition) is 2. The summed E-state index contributed by atoms with van der Waals surface area (Å²) in [6.45, 7) is 9.98. The lowest BCUT2D eigenvalue weighted by molar-refractivity contribution is 0.183. The van der Waals surface area contributed by atoms with Crippen LogP contribution in [0.3, 0.4) is 0 Å². The van der Waals surface area contributed by atoms with E-state index in [1.807, 2.05) is 0 Å². The van der Waals surface area contributed by atoms with Crippen LogP contribution in [-0.4, -0.2) is 25.8 Å². The summed E-state index contributed by atoms with van der Waals surface area (Å²) in [5.41, 5.74) is 0. The number of rotatable bonds is 6. The Kier molecular flexibility index (Phi) is 5.49. The molecule has 1 aliphatic heterocycles. The van der Waals surface area contributed by atoms with E-state index in [0.29, 0.717) is 6.04 Å². The van der Waals surface area contributed by atoms with Crippen LogP contribution >= 0.6 is 0 Å². The minimum absolute atomic E-state index is 0.655. The van der Waals surface area contributed by atoms with Gasteiger partial charge in [-0.05, 0) is 38.1 Å². The molecule has 0 amide bonds. The van der Waals surface area contributed by atoms with Crippen LogP contribution < -0.4 is 5.32 Å². The maximum Gasteiger partial charge on any atom is 0.0495 e. The molecule has 1 N–H and O–H groups in total. The van der Waals surface area contributed by atoms with E-state index in [9.17, 15) is 0 Å². The Balaban J connectivity index is 2.02. The lowest BCUT2D eigenvalue weighted by atomic mass is 10.00. The summed E-state index contributed by atoms with van der Waals surface area (Å²) in [5.74, 6) is 1.60. The maximum absolute atomic E-state index is 5.36. The molecule has 0 radical (unpaired) electrons. The third kappa shape index (κ3) is 3.97. The van der Waals surface area contributed by atoms with Gasteiger partial charge in [-0.3, -0.25) is 0 Å². The van der Waals surface area contributed by atoms with Crippen molar-refractivity contribution in [2.24, 2.45) is 11.8 Å². The molecule has 84 valence electrons. The van der Waals surface area contributed by atoms with Crippen LogP contribution in [0.1, 0.15) is 40.0 Å². The smallest absolute Gasteiger partial charge is 0.0495 e. The number of hydrogen-bond donors (Lipinski definition) is 1. The van der Waals surface area contributed by atoms with Crippen LogP contribution in [0.15, 0.2) is 0 Å². The molecule has 2 nitrogen and oxygen atoms in total. The number of ether oxygens (including phenoxy) is 1. The lowest BCUT2D eigenvalue weighted by Crippen LogP contribution is -2.33. The molecule has 0 aliphatic carbocycles. The molecule has 0 aromatic heterocycles. The van der Waals surface area contributed by atoms with Gasteiger partial charge in [0.05, 0.1) is 0 Å². The van der Waals surface area contributed by atoms with Gasteiger partial charge in [-0.1, -0.05) is 20.3 Å². The summed E-state index contributed by atoms with van der Waals surface area (Å²) >= 11 is 0. The summed E-state index contributed by atoms with van der Waals surface area (Å²) in [7, 11) is 0. The van der Waals surface area contributed by atoms with Crippen LogP contribution in [0.2, 0.25) is 0 Å². The summed E-state index contributed by atoms with van der Waals surface area (Å²) in [5, 5.41) is 3.60. The van der Waals surface area contributed by atoms with Gasteiger partial charge in [-0.25, -0.2) is 0 Å². The standard InChI is InChI=1S/C12H25NO/c1-4-10(2)11(3)13-7-5-12-6-8-14-9-12/h10-13H,4-9H2,1-3H3. The summed E-state index contributed by atoms with van der Waals surface area (Å²) in [6, 6.07) is 0.655. The van der Waals surface area contributed by atoms with Gasteiger partial charge in [0.15, 0.2) is 0 Å².